The first kappa shape index (κ1) is 16.2. The van der Waals surface area contributed by atoms with Gasteiger partial charge in [-0.05, 0) is 29.8 Å². The minimum absolute atomic E-state index is 0.131. The maximum absolute atomic E-state index is 12.0. The summed E-state index contributed by atoms with van der Waals surface area (Å²) >= 11 is 6.23. The molecule has 1 heterocycles. The molecule has 0 bridgehead atoms. The topological polar surface area (TPSA) is 107 Å². The zero-order chi connectivity index (χ0) is 18.3. The highest BCUT2D eigenvalue weighted by molar-refractivity contribution is 6.34. The second-order valence-electron chi connectivity index (χ2n) is 5.81. The van der Waals surface area contributed by atoms with Crippen molar-refractivity contribution >= 4 is 39.7 Å². The lowest BCUT2D eigenvalue weighted by molar-refractivity contribution is 0.474. The molecular formula is C18H13ClN4O3. The van der Waals surface area contributed by atoms with E-state index in [1.165, 1.54) is 0 Å². The number of anilines is 3. The van der Waals surface area contributed by atoms with Gasteiger partial charge < -0.3 is 20.7 Å². The van der Waals surface area contributed by atoms with Crippen LogP contribution < -0.4 is 21.5 Å². The number of hydrogen-bond donors (Lipinski definition) is 4. The number of benzene rings is 2. The molecule has 8 heteroatoms. The molecular weight excluding hydrogens is 356 g/mol. The van der Waals surface area contributed by atoms with Gasteiger partial charge in [0.2, 0.25) is 0 Å². The van der Waals surface area contributed by atoms with E-state index in [-0.39, 0.29) is 17.1 Å². The third-order valence-corrected chi connectivity index (χ3v) is 4.37. The molecule has 0 aliphatic heterocycles. The molecule has 7 nitrogen and oxygen atoms in total. The van der Waals surface area contributed by atoms with Crippen LogP contribution in [-0.2, 0) is 6.54 Å². The highest BCUT2D eigenvalue weighted by atomic mass is 35.5. The minimum atomic E-state index is -0.610. The molecule has 4 aromatic rings. The van der Waals surface area contributed by atoms with Gasteiger partial charge in [-0.2, -0.15) is 0 Å². The summed E-state index contributed by atoms with van der Waals surface area (Å²) in [5.41, 5.74) is 1.87. The van der Waals surface area contributed by atoms with Crippen LogP contribution in [-0.4, -0.2) is 15.1 Å². The largest absolute Gasteiger partial charge is 0.508 e. The second kappa shape index (κ2) is 6.20. The Labute approximate surface area is 152 Å². The van der Waals surface area contributed by atoms with Crippen molar-refractivity contribution in [3.63, 3.8) is 0 Å². The van der Waals surface area contributed by atoms with Crippen molar-refractivity contribution in [3.8, 4) is 5.75 Å². The van der Waals surface area contributed by atoms with E-state index in [0.29, 0.717) is 22.8 Å². The van der Waals surface area contributed by atoms with Crippen molar-refractivity contribution < 1.29 is 5.11 Å². The molecule has 26 heavy (non-hydrogen) atoms. The Hall–Kier alpha value is -3.32. The Kier molecular flexibility index (Phi) is 3.85. The van der Waals surface area contributed by atoms with Crippen molar-refractivity contribution in [1.29, 1.82) is 0 Å². The highest BCUT2D eigenvalue weighted by Crippen LogP contribution is 2.30. The Balaban J connectivity index is 1.59. The van der Waals surface area contributed by atoms with E-state index in [0.717, 1.165) is 11.1 Å². The van der Waals surface area contributed by atoms with Crippen molar-refractivity contribution in [3.05, 3.63) is 73.8 Å². The van der Waals surface area contributed by atoms with Crippen LogP contribution in [0.25, 0.3) is 11.0 Å². The van der Waals surface area contributed by atoms with Gasteiger partial charge in [-0.3, -0.25) is 9.59 Å². The fourth-order valence-corrected chi connectivity index (χ4v) is 2.93. The number of phenolic OH excluding ortho intramolecular Hbond substituents is 1. The second-order valence-corrected chi connectivity index (χ2v) is 6.22. The van der Waals surface area contributed by atoms with E-state index in [9.17, 15) is 14.7 Å². The number of aromatic amines is 1. The first-order valence-corrected chi connectivity index (χ1v) is 8.15. The molecule has 130 valence electrons. The SMILES string of the molecule is O=c1c(NCc2cccc(O)c2)c(Nc2cc3nc[nH]c3cc2Cl)c1=O. The molecule has 0 fully saturated rings. The van der Waals surface area contributed by atoms with Crippen molar-refractivity contribution in [2.24, 2.45) is 0 Å². The highest BCUT2D eigenvalue weighted by Gasteiger charge is 2.21. The number of phenols is 1. The van der Waals surface area contributed by atoms with Gasteiger partial charge >= 0.3 is 0 Å². The normalized spacial score (nSPS) is 11.1. The summed E-state index contributed by atoms with van der Waals surface area (Å²) < 4.78 is 0. The van der Waals surface area contributed by atoms with Gasteiger partial charge in [-0.25, -0.2) is 4.98 Å². The Bertz CT molecular complexity index is 1190. The Morgan fingerprint density at radius 1 is 1.12 bits per heavy atom. The summed E-state index contributed by atoms with van der Waals surface area (Å²) in [4.78, 5) is 30.9. The van der Waals surface area contributed by atoms with Crippen LogP contribution >= 0.6 is 11.6 Å². The predicted octanol–water partition coefficient (Wildman–Crippen LogP) is 2.87. The van der Waals surface area contributed by atoms with E-state index >= 15 is 0 Å². The third-order valence-electron chi connectivity index (χ3n) is 4.06. The number of aromatic hydroxyl groups is 1. The Morgan fingerprint density at radius 2 is 1.92 bits per heavy atom. The first-order chi connectivity index (χ1) is 12.5. The van der Waals surface area contributed by atoms with E-state index in [1.807, 2.05) is 0 Å². The summed E-state index contributed by atoms with van der Waals surface area (Å²) in [6, 6.07) is 10.0. The van der Waals surface area contributed by atoms with Gasteiger partial charge in [-0.1, -0.05) is 23.7 Å². The molecule has 0 amide bonds. The number of fused-ring (bicyclic) bond motifs is 1. The zero-order valence-corrected chi connectivity index (χ0v) is 14.1. The first-order valence-electron chi connectivity index (χ1n) is 7.77. The van der Waals surface area contributed by atoms with Gasteiger partial charge in [0, 0.05) is 6.54 Å². The van der Waals surface area contributed by atoms with Crippen LogP contribution in [0.5, 0.6) is 5.75 Å². The maximum atomic E-state index is 12.0. The number of imidazole rings is 1. The summed E-state index contributed by atoms with van der Waals surface area (Å²) in [5, 5.41) is 15.7. The van der Waals surface area contributed by atoms with Crippen molar-refractivity contribution in [2.75, 3.05) is 10.6 Å². The van der Waals surface area contributed by atoms with Gasteiger partial charge in [-0.15, -0.1) is 0 Å². The molecule has 0 saturated heterocycles. The smallest absolute Gasteiger partial charge is 0.253 e. The van der Waals surface area contributed by atoms with E-state index in [4.69, 9.17) is 11.6 Å². The van der Waals surface area contributed by atoms with Gasteiger partial charge in [0.25, 0.3) is 10.9 Å². The number of halogens is 1. The molecule has 0 atom stereocenters. The third kappa shape index (κ3) is 2.78. The van der Waals surface area contributed by atoms with Crippen LogP contribution in [0.2, 0.25) is 5.02 Å². The van der Waals surface area contributed by atoms with Gasteiger partial charge in [0.05, 0.1) is 28.1 Å². The lowest BCUT2D eigenvalue weighted by Gasteiger charge is -2.16. The van der Waals surface area contributed by atoms with E-state index in [2.05, 4.69) is 20.6 Å². The number of rotatable bonds is 5. The van der Waals surface area contributed by atoms with Crippen LogP contribution in [0.1, 0.15) is 5.56 Å². The number of nitrogens with zero attached hydrogens (tertiary/aromatic N) is 1. The summed E-state index contributed by atoms with van der Waals surface area (Å²) in [6.07, 6.45) is 1.55. The molecule has 4 N–H and O–H groups in total. The molecule has 0 aliphatic carbocycles. The standard InChI is InChI=1S/C18H13ClN4O3/c19-11-5-13-14(22-8-21-13)6-12(11)23-16-15(17(25)18(16)26)20-7-9-2-1-3-10(24)4-9/h1-6,8,20,23-24H,7H2,(H,21,22). The summed E-state index contributed by atoms with van der Waals surface area (Å²) in [5.74, 6) is 0.131. The molecule has 0 saturated carbocycles. The minimum Gasteiger partial charge on any atom is -0.508 e. The molecule has 0 radical (unpaired) electrons. The fourth-order valence-electron chi connectivity index (χ4n) is 2.72. The summed E-state index contributed by atoms with van der Waals surface area (Å²) in [6.45, 7) is 0.292. The number of nitrogens with one attached hydrogen (secondary N) is 3. The molecule has 0 unspecified atom stereocenters. The lowest BCUT2D eigenvalue weighted by Crippen LogP contribution is -2.36. The van der Waals surface area contributed by atoms with Crippen LogP contribution in [0.3, 0.4) is 0 Å². The van der Waals surface area contributed by atoms with Crippen LogP contribution in [0, 0.1) is 0 Å². The van der Waals surface area contributed by atoms with Gasteiger partial charge in [0.15, 0.2) is 0 Å². The fraction of sp³-hybridized carbons (Fsp3) is 0.0556. The molecule has 0 spiro atoms. The number of aromatic nitrogens is 2. The lowest BCUT2D eigenvalue weighted by atomic mass is 10.1. The molecule has 3 aromatic carbocycles. The zero-order valence-electron chi connectivity index (χ0n) is 13.3. The van der Waals surface area contributed by atoms with Crippen molar-refractivity contribution in [1.82, 2.24) is 9.97 Å². The van der Waals surface area contributed by atoms with Gasteiger partial charge in [0.1, 0.15) is 17.1 Å². The molecule has 0 aliphatic rings. The monoisotopic (exact) mass is 368 g/mol. The van der Waals surface area contributed by atoms with Crippen LogP contribution in [0.4, 0.5) is 17.1 Å². The maximum Gasteiger partial charge on any atom is 0.253 e. The van der Waals surface area contributed by atoms with Crippen molar-refractivity contribution in [2.45, 2.75) is 6.54 Å². The Morgan fingerprint density at radius 3 is 2.73 bits per heavy atom. The number of H-pyrrole nitrogens is 1. The quantitative estimate of drug-likeness (QED) is 0.403. The molecule has 1 aromatic heterocycles. The predicted molar refractivity (Wildman–Crippen MR) is 101 cm³/mol. The molecule has 4 rings (SSSR count). The average Bonchev–Trinajstić information content (AvgIpc) is 3.07. The summed E-state index contributed by atoms with van der Waals surface area (Å²) in [7, 11) is 0. The van der Waals surface area contributed by atoms with E-state index < -0.39 is 10.9 Å². The number of hydrogen-bond acceptors (Lipinski definition) is 6. The average molecular weight is 369 g/mol. The van der Waals surface area contributed by atoms with Crippen LogP contribution in [0.15, 0.2) is 52.3 Å². The van der Waals surface area contributed by atoms with E-state index in [1.54, 1.807) is 42.7 Å².